The summed E-state index contributed by atoms with van der Waals surface area (Å²) >= 11 is 5.93. The van der Waals surface area contributed by atoms with Crippen molar-refractivity contribution in [1.82, 2.24) is 4.90 Å². The Hall–Kier alpha value is -1.62. The highest BCUT2D eigenvalue weighted by Crippen LogP contribution is 2.29. The van der Waals surface area contributed by atoms with Crippen LogP contribution in [0.15, 0.2) is 18.2 Å². The number of amides is 1. The lowest BCUT2D eigenvalue weighted by molar-refractivity contribution is -0.385. The molecule has 1 aliphatic heterocycles. The lowest BCUT2D eigenvalue weighted by atomic mass is 10.0. The first-order chi connectivity index (χ1) is 9.45. The molecular formula is C14H17ClN2O3. The molecule has 0 N–H and O–H groups in total. The van der Waals surface area contributed by atoms with Crippen molar-refractivity contribution in [3.8, 4) is 0 Å². The average molecular weight is 297 g/mol. The summed E-state index contributed by atoms with van der Waals surface area (Å²) in [6.07, 6.45) is 0.878. The van der Waals surface area contributed by atoms with Gasteiger partial charge in [0.1, 0.15) is 5.56 Å². The van der Waals surface area contributed by atoms with Gasteiger partial charge in [-0.15, -0.1) is 11.6 Å². The number of halogens is 1. The quantitative estimate of drug-likeness (QED) is 0.489. The molecule has 2 rings (SSSR count). The number of nitro benzene ring substituents is 1. The van der Waals surface area contributed by atoms with E-state index >= 15 is 0 Å². The van der Waals surface area contributed by atoms with Crippen LogP contribution < -0.4 is 0 Å². The zero-order valence-corrected chi connectivity index (χ0v) is 12.3. The predicted molar refractivity (Wildman–Crippen MR) is 77.2 cm³/mol. The van der Waals surface area contributed by atoms with Crippen LogP contribution in [-0.2, 0) is 0 Å². The summed E-state index contributed by atoms with van der Waals surface area (Å²) in [4.78, 5) is 24.8. The third-order valence-electron chi connectivity index (χ3n) is 3.88. The minimum absolute atomic E-state index is 0.0516. The molecule has 0 radical (unpaired) electrons. The summed E-state index contributed by atoms with van der Waals surface area (Å²) in [5, 5.41) is 11.1. The Morgan fingerprint density at radius 1 is 1.55 bits per heavy atom. The van der Waals surface area contributed by atoms with Crippen LogP contribution >= 0.6 is 11.6 Å². The van der Waals surface area contributed by atoms with Crippen molar-refractivity contribution >= 4 is 23.2 Å². The van der Waals surface area contributed by atoms with Gasteiger partial charge >= 0.3 is 0 Å². The number of aryl methyl sites for hydroxylation is 1. The fraction of sp³-hybridized carbons (Fsp3) is 0.500. The first kappa shape index (κ1) is 14.8. The molecule has 0 bridgehead atoms. The van der Waals surface area contributed by atoms with E-state index in [0.717, 1.165) is 12.0 Å². The number of carbonyl (C=O) groups excluding carboxylic acids is 1. The van der Waals surface area contributed by atoms with Crippen LogP contribution in [0.3, 0.4) is 0 Å². The van der Waals surface area contributed by atoms with Gasteiger partial charge in [-0.2, -0.15) is 0 Å². The van der Waals surface area contributed by atoms with E-state index in [1.165, 1.54) is 6.07 Å². The summed E-state index contributed by atoms with van der Waals surface area (Å²) in [7, 11) is 0. The Bertz CT molecular complexity index is 547. The molecule has 1 aliphatic rings. The number of nitro groups is 1. The zero-order chi connectivity index (χ0) is 14.9. The maximum absolute atomic E-state index is 12.6. The molecule has 1 aromatic rings. The summed E-state index contributed by atoms with van der Waals surface area (Å²) in [6.45, 7) is 4.46. The molecule has 20 heavy (non-hydrogen) atoms. The highest BCUT2D eigenvalue weighted by molar-refractivity contribution is 6.18. The number of hydrogen-bond acceptors (Lipinski definition) is 3. The number of rotatable bonds is 3. The molecule has 0 saturated carbocycles. The van der Waals surface area contributed by atoms with Crippen molar-refractivity contribution in [2.45, 2.75) is 26.3 Å². The number of likely N-dealkylation sites (tertiary alicyclic amines) is 1. The van der Waals surface area contributed by atoms with E-state index in [1.54, 1.807) is 17.0 Å². The Balaban J connectivity index is 2.38. The van der Waals surface area contributed by atoms with Crippen molar-refractivity contribution in [3.05, 3.63) is 39.4 Å². The van der Waals surface area contributed by atoms with E-state index in [-0.39, 0.29) is 23.2 Å². The van der Waals surface area contributed by atoms with Crippen molar-refractivity contribution in [3.63, 3.8) is 0 Å². The minimum Gasteiger partial charge on any atom is -0.334 e. The second kappa shape index (κ2) is 5.79. The molecular weight excluding hydrogens is 280 g/mol. The van der Waals surface area contributed by atoms with Gasteiger partial charge in [0, 0.05) is 24.5 Å². The van der Waals surface area contributed by atoms with Crippen molar-refractivity contribution < 1.29 is 9.72 Å². The molecule has 1 aromatic carbocycles. The van der Waals surface area contributed by atoms with Gasteiger partial charge in [0.05, 0.1) is 4.92 Å². The van der Waals surface area contributed by atoms with Crippen LogP contribution in [-0.4, -0.2) is 34.2 Å². The highest BCUT2D eigenvalue weighted by Gasteiger charge is 2.36. The van der Waals surface area contributed by atoms with Crippen molar-refractivity contribution in [1.29, 1.82) is 0 Å². The van der Waals surface area contributed by atoms with Crippen LogP contribution in [0.4, 0.5) is 5.69 Å². The molecule has 0 aromatic heterocycles. The first-order valence-corrected chi connectivity index (χ1v) is 7.11. The van der Waals surface area contributed by atoms with Crippen LogP contribution in [0.2, 0.25) is 0 Å². The van der Waals surface area contributed by atoms with Gasteiger partial charge in [0.25, 0.3) is 11.6 Å². The third-order valence-corrected chi connectivity index (χ3v) is 4.20. The van der Waals surface area contributed by atoms with E-state index in [2.05, 4.69) is 0 Å². The van der Waals surface area contributed by atoms with Crippen LogP contribution in [0.5, 0.6) is 0 Å². The smallest absolute Gasteiger partial charge is 0.282 e. The summed E-state index contributed by atoms with van der Waals surface area (Å²) in [5.74, 6) is 0.378. The topological polar surface area (TPSA) is 63.5 Å². The van der Waals surface area contributed by atoms with Crippen molar-refractivity contribution in [2.75, 3.05) is 12.4 Å². The number of alkyl halides is 1. The maximum Gasteiger partial charge on any atom is 0.282 e. The van der Waals surface area contributed by atoms with Crippen LogP contribution in [0.25, 0.3) is 0 Å². The fourth-order valence-electron chi connectivity index (χ4n) is 2.63. The number of carbonyl (C=O) groups is 1. The standard InChI is InChI=1S/C14H17ClN2O3/c1-9-3-4-12(17(19)20)11(7-9)14(18)16-6-5-10(2)13(16)8-15/h3-4,7,10,13H,5-6,8H2,1-2H3. The molecule has 108 valence electrons. The summed E-state index contributed by atoms with van der Waals surface area (Å²) < 4.78 is 0. The first-order valence-electron chi connectivity index (χ1n) is 6.57. The van der Waals surface area contributed by atoms with Crippen molar-refractivity contribution in [2.24, 2.45) is 5.92 Å². The van der Waals surface area contributed by atoms with E-state index in [1.807, 2.05) is 13.8 Å². The number of benzene rings is 1. The van der Waals surface area contributed by atoms with E-state index < -0.39 is 4.92 Å². The second-order valence-electron chi connectivity index (χ2n) is 5.26. The van der Waals surface area contributed by atoms with E-state index in [0.29, 0.717) is 18.3 Å². The van der Waals surface area contributed by atoms with Gasteiger partial charge in [-0.05, 0) is 30.9 Å². The number of hydrogen-bond donors (Lipinski definition) is 0. The molecule has 0 aliphatic carbocycles. The monoisotopic (exact) mass is 296 g/mol. The molecule has 5 nitrogen and oxygen atoms in total. The van der Waals surface area contributed by atoms with Gasteiger partial charge < -0.3 is 4.90 Å². The Morgan fingerprint density at radius 3 is 2.85 bits per heavy atom. The average Bonchev–Trinajstić information content (AvgIpc) is 2.78. The lowest BCUT2D eigenvalue weighted by Crippen LogP contribution is -2.39. The third kappa shape index (κ3) is 2.63. The molecule has 0 spiro atoms. The maximum atomic E-state index is 12.6. The Kier molecular flexibility index (Phi) is 4.28. The van der Waals surface area contributed by atoms with E-state index in [4.69, 9.17) is 11.6 Å². The normalized spacial score (nSPS) is 22.1. The molecule has 2 unspecified atom stereocenters. The van der Waals surface area contributed by atoms with Gasteiger partial charge in [0.2, 0.25) is 0 Å². The molecule has 1 amide bonds. The zero-order valence-electron chi connectivity index (χ0n) is 11.5. The number of nitrogens with zero attached hydrogens (tertiary/aromatic N) is 2. The predicted octanol–water partition coefficient (Wildman–Crippen LogP) is 2.99. The largest absolute Gasteiger partial charge is 0.334 e. The molecule has 2 atom stereocenters. The highest BCUT2D eigenvalue weighted by atomic mass is 35.5. The van der Waals surface area contributed by atoms with Crippen LogP contribution in [0.1, 0.15) is 29.3 Å². The molecule has 1 saturated heterocycles. The van der Waals surface area contributed by atoms with Gasteiger partial charge in [-0.1, -0.05) is 13.0 Å². The Morgan fingerprint density at radius 2 is 2.25 bits per heavy atom. The summed E-state index contributed by atoms with van der Waals surface area (Å²) in [6, 6.07) is 4.55. The summed E-state index contributed by atoms with van der Waals surface area (Å²) in [5.41, 5.74) is 0.835. The van der Waals surface area contributed by atoms with Crippen LogP contribution in [0, 0.1) is 23.0 Å². The minimum atomic E-state index is -0.512. The van der Waals surface area contributed by atoms with Gasteiger partial charge in [0.15, 0.2) is 0 Å². The second-order valence-corrected chi connectivity index (χ2v) is 5.57. The lowest BCUT2D eigenvalue weighted by Gasteiger charge is -2.25. The Labute approximate surface area is 122 Å². The molecule has 1 heterocycles. The van der Waals surface area contributed by atoms with E-state index in [9.17, 15) is 14.9 Å². The fourth-order valence-corrected chi connectivity index (χ4v) is 3.10. The van der Waals surface area contributed by atoms with Gasteiger partial charge in [-0.25, -0.2) is 0 Å². The van der Waals surface area contributed by atoms with Gasteiger partial charge in [-0.3, -0.25) is 14.9 Å². The molecule has 1 fully saturated rings. The SMILES string of the molecule is Cc1ccc([N+](=O)[O-])c(C(=O)N2CCC(C)C2CCl)c1. The molecule has 6 heteroatoms.